The average molecular weight is 430 g/mol. The van der Waals surface area contributed by atoms with Gasteiger partial charge in [-0.25, -0.2) is 4.98 Å². The second kappa shape index (κ2) is 8.16. The minimum absolute atomic E-state index is 0.143. The second-order valence-electron chi connectivity index (χ2n) is 7.12. The fourth-order valence-electron chi connectivity index (χ4n) is 3.51. The Kier molecular flexibility index (Phi) is 5.05. The zero-order chi connectivity index (χ0) is 21.2. The summed E-state index contributed by atoms with van der Waals surface area (Å²) in [7, 11) is 0. The summed E-state index contributed by atoms with van der Waals surface area (Å²) in [6, 6.07) is 17.7. The summed E-state index contributed by atoms with van der Waals surface area (Å²) in [4.78, 5) is 20.4. The van der Waals surface area contributed by atoms with Crippen molar-refractivity contribution in [3.63, 3.8) is 0 Å². The van der Waals surface area contributed by atoms with Gasteiger partial charge in [-0.3, -0.25) is 4.79 Å². The lowest BCUT2D eigenvalue weighted by molar-refractivity contribution is -0.116. The van der Waals surface area contributed by atoms with Crippen LogP contribution >= 0.6 is 11.3 Å². The Bertz CT molecular complexity index is 1350. The molecule has 8 heteroatoms. The van der Waals surface area contributed by atoms with E-state index >= 15 is 0 Å². The van der Waals surface area contributed by atoms with Crippen LogP contribution in [0.5, 0.6) is 0 Å². The lowest BCUT2D eigenvalue weighted by Crippen LogP contribution is -2.12. The Morgan fingerprint density at radius 1 is 1.10 bits per heavy atom. The Labute approximate surface area is 182 Å². The summed E-state index contributed by atoms with van der Waals surface area (Å²) in [5, 5.41) is 14.6. The number of nitrogens with one attached hydrogen (secondary N) is 2. The van der Waals surface area contributed by atoms with Gasteiger partial charge in [-0.2, -0.15) is 0 Å². The Morgan fingerprint density at radius 3 is 2.77 bits per heavy atom. The number of fused-ring (bicyclic) bond motifs is 1. The molecule has 0 aliphatic rings. The van der Waals surface area contributed by atoms with Crippen LogP contribution in [-0.4, -0.2) is 26.1 Å². The smallest absolute Gasteiger partial charge is 0.247 e. The van der Waals surface area contributed by atoms with Crippen LogP contribution in [0.1, 0.15) is 18.0 Å². The van der Waals surface area contributed by atoms with E-state index in [1.54, 1.807) is 0 Å². The van der Waals surface area contributed by atoms with Crippen LogP contribution in [0.3, 0.4) is 0 Å². The number of aryl methyl sites for hydroxylation is 2. The van der Waals surface area contributed by atoms with Crippen molar-refractivity contribution in [1.29, 1.82) is 0 Å². The van der Waals surface area contributed by atoms with Crippen molar-refractivity contribution < 1.29 is 9.21 Å². The minimum Gasteiger partial charge on any atom is -0.421 e. The Morgan fingerprint density at radius 2 is 1.90 bits per heavy atom. The van der Waals surface area contributed by atoms with E-state index in [0.29, 0.717) is 23.3 Å². The predicted octanol–water partition coefficient (Wildman–Crippen LogP) is 5.22. The van der Waals surface area contributed by atoms with Crippen LogP contribution in [0.4, 0.5) is 5.13 Å². The van der Waals surface area contributed by atoms with Crippen molar-refractivity contribution in [2.45, 2.75) is 19.8 Å². The van der Waals surface area contributed by atoms with Gasteiger partial charge in [0.2, 0.25) is 17.7 Å². The maximum atomic E-state index is 12.4. The molecule has 0 saturated heterocycles. The highest BCUT2D eigenvalue weighted by Crippen LogP contribution is 2.33. The van der Waals surface area contributed by atoms with Gasteiger partial charge in [-0.1, -0.05) is 36.4 Å². The number of carbonyl (C=O) groups is 1. The number of H-pyrrole nitrogens is 1. The van der Waals surface area contributed by atoms with Gasteiger partial charge in [0.05, 0.1) is 5.69 Å². The van der Waals surface area contributed by atoms with Gasteiger partial charge in [-0.05, 0) is 25.1 Å². The summed E-state index contributed by atoms with van der Waals surface area (Å²) < 4.78 is 5.66. The van der Waals surface area contributed by atoms with Gasteiger partial charge < -0.3 is 14.7 Å². The first-order valence-corrected chi connectivity index (χ1v) is 10.8. The number of anilines is 1. The molecule has 7 nitrogen and oxygen atoms in total. The number of para-hydroxylation sites is 1. The van der Waals surface area contributed by atoms with E-state index < -0.39 is 0 Å². The fourth-order valence-corrected chi connectivity index (χ4v) is 4.22. The number of carbonyl (C=O) groups excluding carboxylic acids is 1. The van der Waals surface area contributed by atoms with E-state index in [1.165, 1.54) is 11.3 Å². The summed E-state index contributed by atoms with van der Waals surface area (Å²) in [5.41, 5.74) is 4.89. The normalized spacial score (nSPS) is 11.1. The molecule has 0 aliphatic heterocycles. The van der Waals surface area contributed by atoms with Crippen molar-refractivity contribution in [3.8, 4) is 22.7 Å². The van der Waals surface area contributed by atoms with Gasteiger partial charge in [0.1, 0.15) is 0 Å². The van der Waals surface area contributed by atoms with Crippen molar-refractivity contribution in [2.24, 2.45) is 0 Å². The number of amides is 1. The summed E-state index contributed by atoms with van der Waals surface area (Å²) in [5.74, 6) is 0.744. The maximum absolute atomic E-state index is 12.4. The molecule has 5 rings (SSSR count). The highest BCUT2D eigenvalue weighted by molar-refractivity contribution is 7.14. The molecule has 1 amide bonds. The van der Waals surface area contributed by atoms with Gasteiger partial charge in [0, 0.05) is 45.9 Å². The maximum Gasteiger partial charge on any atom is 0.247 e. The van der Waals surface area contributed by atoms with Gasteiger partial charge in [-0.15, -0.1) is 21.5 Å². The van der Waals surface area contributed by atoms with Crippen LogP contribution in [0.25, 0.3) is 33.6 Å². The third-order valence-electron chi connectivity index (χ3n) is 4.95. The van der Waals surface area contributed by atoms with Gasteiger partial charge >= 0.3 is 0 Å². The lowest BCUT2D eigenvalue weighted by Gasteiger charge is -2.00. The first-order chi connectivity index (χ1) is 15.2. The molecular weight excluding hydrogens is 410 g/mol. The molecule has 2 N–H and O–H groups in total. The minimum atomic E-state index is -0.143. The van der Waals surface area contributed by atoms with Crippen LogP contribution in [0.2, 0.25) is 0 Å². The summed E-state index contributed by atoms with van der Waals surface area (Å²) in [6.45, 7) is 2.03. The number of aromatic nitrogens is 4. The third-order valence-corrected chi connectivity index (χ3v) is 5.71. The second-order valence-corrected chi connectivity index (χ2v) is 7.98. The zero-order valence-corrected chi connectivity index (χ0v) is 17.6. The molecular formula is C23H19N5O2S. The topological polar surface area (TPSA) is 96.7 Å². The number of nitrogens with zero attached hydrogens (tertiary/aromatic N) is 3. The molecule has 3 aromatic heterocycles. The number of hydrogen-bond acceptors (Lipinski definition) is 6. The van der Waals surface area contributed by atoms with Crippen molar-refractivity contribution in [3.05, 3.63) is 71.6 Å². The molecule has 0 atom stereocenters. The molecule has 3 heterocycles. The Balaban J connectivity index is 1.23. The summed E-state index contributed by atoms with van der Waals surface area (Å²) in [6.07, 6.45) is 0.600. The number of aromatic amines is 1. The van der Waals surface area contributed by atoms with Crippen molar-refractivity contribution in [1.82, 2.24) is 20.2 Å². The highest BCUT2D eigenvalue weighted by atomic mass is 32.1. The molecule has 0 unspecified atom stereocenters. The van der Waals surface area contributed by atoms with Crippen molar-refractivity contribution in [2.75, 3.05) is 5.32 Å². The predicted molar refractivity (Wildman–Crippen MR) is 121 cm³/mol. The number of rotatable bonds is 6. The molecule has 0 aliphatic carbocycles. The molecule has 0 saturated carbocycles. The van der Waals surface area contributed by atoms with Crippen molar-refractivity contribution >= 4 is 33.3 Å². The number of benzene rings is 2. The quantitative estimate of drug-likeness (QED) is 0.386. The average Bonchev–Trinajstić information content (AvgIpc) is 3.51. The first-order valence-electron chi connectivity index (χ1n) is 9.88. The van der Waals surface area contributed by atoms with Crippen LogP contribution in [-0.2, 0) is 11.2 Å². The monoisotopic (exact) mass is 429 g/mol. The molecule has 2 aromatic carbocycles. The lowest BCUT2D eigenvalue weighted by atomic mass is 10.1. The standard InChI is InChI=1S/C23H19N5O2S/c1-14-21(16-9-5-6-10-17(16)24-14)18-13-31-23(25-18)26-19(29)11-12-20-27-28-22(30-20)15-7-3-2-4-8-15/h2-10,13,24H,11-12H2,1H3,(H,25,26,29). The molecule has 5 aromatic rings. The van der Waals surface area contributed by atoms with E-state index in [-0.39, 0.29) is 12.3 Å². The molecule has 0 fully saturated rings. The molecule has 0 radical (unpaired) electrons. The van der Waals surface area contributed by atoms with E-state index in [9.17, 15) is 4.79 Å². The number of thiazole rings is 1. The van der Waals surface area contributed by atoms with E-state index in [4.69, 9.17) is 4.42 Å². The van der Waals surface area contributed by atoms with Gasteiger partial charge in [0.25, 0.3) is 0 Å². The number of hydrogen-bond donors (Lipinski definition) is 2. The van der Waals surface area contributed by atoms with E-state index in [0.717, 1.165) is 33.4 Å². The van der Waals surface area contributed by atoms with Gasteiger partial charge in [0.15, 0.2) is 5.13 Å². The van der Waals surface area contributed by atoms with E-state index in [1.807, 2.05) is 60.8 Å². The third kappa shape index (κ3) is 3.97. The van der Waals surface area contributed by atoms with Crippen LogP contribution in [0, 0.1) is 6.92 Å². The van der Waals surface area contributed by atoms with Crippen LogP contribution in [0.15, 0.2) is 64.4 Å². The molecule has 154 valence electrons. The molecule has 0 bridgehead atoms. The first kappa shape index (κ1) is 19.2. The SMILES string of the molecule is Cc1[nH]c2ccccc2c1-c1csc(NC(=O)CCc2nnc(-c3ccccc3)o2)n1. The summed E-state index contributed by atoms with van der Waals surface area (Å²) >= 11 is 1.41. The highest BCUT2D eigenvalue weighted by Gasteiger charge is 2.15. The largest absolute Gasteiger partial charge is 0.421 e. The Hall–Kier alpha value is -3.78. The van der Waals surface area contributed by atoms with Crippen LogP contribution < -0.4 is 5.32 Å². The fraction of sp³-hybridized carbons (Fsp3) is 0.130. The van der Waals surface area contributed by atoms with E-state index in [2.05, 4.69) is 31.5 Å². The molecule has 0 spiro atoms. The molecule has 31 heavy (non-hydrogen) atoms. The zero-order valence-electron chi connectivity index (χ0n) is 16.8.